The van der Waals surface area contributed by atoms with E-state index in [-0.39, 0.29) is 5.56 Å². The van der Waals surface area contributed by atoms with Gasteiger partial charge in [0.25, 0.3) is 0 Å². The molecule has 0 radical (unpaired) electrons. The van der Waals surface area contributed by atoms with E-state index in [0.717, 1.165) is 12.3 Å². The van der Waals surface area contributed by atoms with Crippen LogP contribution in [-0.2, 0) is 13.1 Å². The normalized spacial score (nSPS) is 10.9. The van der Waals surface area contributed by atoms with Crippen LogP contribution in [-0.4, -0.2) is 22.5 Å². The van der Waals surface area contributed by atoms with Crippen LogP contribution in [0.2, 0.25) is 0 Å². The fraction of sp³-hybridized carbons (Fsp3) is 0.267. The summed E-state index contributed by atoms with van der Waals surface area (Å²) < 4.78 is 5.32. The molecule has 0 amide bonds. The maximum atomic E-state index is 11.3. The zero-order valence-corrected chi connectivity index (χ0v) is 11.4. The summed E-state index contributed by atoms with van der Waals surface area (Å²) in [7, 11) is 0. The number of carboxylic acids is 1. The van der Waals surface area contributed by atoms with Gasteiger partial charge in [-0.25, -0.2) is 4.79 Å². The van der Waals surface area contributed by atoms with E-state index in [4.69, 9.17) is 10.2 Å². The van der Waals surface area contributed by atoms with Crippen LogP contribution < -0.4 is 5.73 Å². The summed E-state index contributed by atoms with van der Waals surface area (Å²) in [5.74, 6) is -0.139. The third-order valence-electron chi connectivity index (χ3n) is 3.20. The largest absolute Gasteiger partial charge is 0.478 e. The number of hydrogen-bond acceptors (Lipinski definition) is 4. The third kappa shape index (κ3) is 3.19. The molecule has 0 atom stereocenters. The van der Waals surface area contributed by atoms with E-state index in [2.05, 4.69) is 4.90 Å². The number of benzene rings is 1. The molecule has 0 aliphatic carbocycles. The van der Waals surface area contributed by atoms with Gasteiger partial charge in [0.1, 0.15) is 5.76 Å². The van der Waals surface area contributed by atoms with Crippen LogP contribution in [0.3, 0.4) is 0 Å². The first kappa shape index (κ1) is 14.1. The Bertz CT molecular complexity index is 579. The Balaban J connectivity index is 2.19. The highest BCUT2D eigenvalue weighted by Crippen LogP contribution is 2.19. The van der Waals surface area contributed by atoms with Gasteiger partial charge in [0.2, 0.25) is 0 Å². The van der Waals surface area contributed by atoms with Crippen molar-refractivity contribution in [1.82, 2.24) is 4.90 Å². The van der Waals surface area contributed by atoms with E-state index >= 15 is 0 Å². The van der Waals surface area contributed by atoms with E-state index in [0.29, 0.717) is 24.3 Å². The Morgan fingerprint density at radius 3 is 2.70 bits per heavy atom. The lowest BCUT2D eigenvalue weighted by atomic mass is 10.0. The number of nitrogen functional groups attached to an aromatic ring is 1. The number of carboxylic acid groups (broad SMARTS) is 1. The van der Waals surface area contributed by atoms with E-state index in [1.54, 1.807) is 24.5 Å². The van der Waals surface area contributed by atoms with E-state index < -0.39 is 5.97 Å². The molecule has 1 aromatic heterocycles. The lowest BCUT2D eigenvalue weighted by Crippen LogP contribution is -2.23. The second-order valence-electron chi connectivity index (χ2n) is 4.57. The molecule has 5 heteroatoms. The smallest absolute Gasteiger partial charge is 0.338 e. The fourth-order valence-corrected chi connectivity index (χ4v) is 2.16. The highest BCUT2D eigenvalue weighted by atomic mass is 16.4. The molecule has 1 aromatic carbocycles. The summed E-state index contributed by atoms with van der Waals surface area (Å²) >= 11 is 0. The summed E-state index contributed by atoms with van der Waals surface area (Å²) in [6.07, 6.45) is 1.63. The number of nitrogens with two attached hydrogens (primary N) is 1. The molecular formula is C15H18N2O3. The Kier molecular flexibility index (Phi) is 4.42. The van der Waals surface area contributed by atoms with Gasteiger partial charge in [-0.3, -0.25) is 4.90 Å². The van der Waals surface area contributed by atoms with Crippen LogP contribution in [0, 0.1) is 0 Å². The molecule has 0 aliphatic rings. The average Bonchev–Trinajstić information content (AvgIpc) is 2.90. The molecule has 1 heterocycles. The van der Waals surface area contributed by atoms with E-state index in [1.165, 1.54) is 0 Å². The minimum Gasteiger partial charge on any atom is -0.478 e. The first-order valence-corrected chi connectivity index (χ1v) is 6.47. The summed E-state index contributed by atoms with van der Waals surface area (Å²) in [4.78, 5) is 13.4. The third-order valence-corrected chi connectivity index (χ3v) is 3.20. The lowest BCUT2D eigenvalue weighted by Gasteiger charge is -2.20. The maximum absolute atomic E-state index is 11.3. The zero-order valence-electron chi connectivity index (χ0n) is 11.4. The molecule has 5 nitrogen and oxygen atoms in total. The van der Waals surface area contributed by atoms with Crippen molar-refractivity contribution in [2.24, 2.45) is 0 Å². The Hall–Kier alpha value is -2.27. The van der Waals surface area contributed by atoms with Gasteiger partial charge in [-0.15, -0.1) is 0 Å². The molecule has 3 N–H and O–H groups in total. The number of furan rings is 1. The van der Waals surface area contributed by atoms with Gasteiger partial charge < -0.3 is 15.3 Å². The van der Waals surface area contributed by atoms with Gasteiger partial charge in [-0.05, 0) is 30.3 Å². The second kappa shape index (κ2) is 6.25. The highest BCUT2D eigenvalue weighted by molar-refractivity contribution is 5.95. The monoisotopic (exact) mass is 274 g/mol. The Labute approximate surface area is 117 Å². The van der Waals surface area contributed by atoms with Crippen molar-refractivity contribution >= 4 is 11.7 Å². The number of anilines is 1. The van der Waals surface area contributed by atoms with Crippen molar-refractivity contribution in [3.05, 3.63) is 53.5 Å². The van der Waals surface area contributed by atoms with Crippen molar-refractivity contribution in [3.63, 3.8) is 0 Å². The molecule has 0 fully saturated rings. The molecule has 0 unspecified atom stereocenters. The molecule has 0 aliphatic heterocycles. The van der Waals surface area contributed by atoms with E-state index in [9.17, 15) is 9.90 Å². The highest BCUT2D eigenvalue weighted by Gasteiger charge is 2.16. The number of carbonyl (C=O) groups is 1. The van der Waals surface area contributed by atoms with Crippen molar-refractivity contribution in [2.45, 2.75) is 20.0 Å². The molecule has 0 saturated heterocycles. The molecule has 0 saturated carbocycles. The summed E-state index contributed by atoms with van der Waals surface area (Å²) in [5.41, 5.74) is 6.95. The first-order valence-electron chi connectivity index (χ1n) is 6.47. The minimum atomic E-state index is -0.993. The van der Waals surface area contributed by atoms with Crippen LogP contribution in [0.5, 0.6) is 0 Å². The molecule has 0 spiro atoms. The van der Waals surface area contributed by atoms with Gasteiger partial charge >= 0.3 is 5.97 Å². The molecule has 0 bridgehead atoms. The topological polar surface area (TPSA) is 79.7 Å². The fourth-order valence-electron chi connectivity index (χ4n) is 2.16. The van der Waals surface area contributed by atoms with Gasteiger partial charge in [0, 0.05) is 12.2 Å². The maximum Gasteiger partial charge on any atom is 0.338 e. The standard InChI is InChI=1S/C15H18N2O3/c1-2-17(10-12-6-4-8-20-12)9-11-5-3-7-13(16)14(11)15(18)19/h3-8H,2,9-10,16H2,1H3,(H,18,19). The van der Waals surface area contributed by atoms with E-state index in [1.807, 2.05) is 19.1 Å². The van der Waals surface area contributed by atoms with Gasteiger partial charge in [-0.1, -0.05) is 19.1 Å². The first-order chi connectivity index (χ1) is 9.61. The van der Waals surface area contributed by atoms with Gasteiger partial charge in [-0.2, -0.15) is 0 Å². The lowest BCUT2D eigenvalue weighted by molar-refractivity contribution is 0.0695. The Morgan fingerprint density at radius 2 is 2.10 bits per heavy atom. The summed E-state index contributed by atoms with van der Waals surface area (Å²) in [5, 5.41) is 9.27. The van der Waals surface area contributed by atoms with Crippen LogP contribution in [0.4, 0.5) is 5.69 Å². The minimum absolute atomic E-state index is 0.186. The number of rotatable bonds is 6. The molecule has 2 aromatic rings. The predicted molar refractivity (Wildman–Crippen MR) is 76.3 cm³/mol. The zero-order chi connectivity index (χ0) is 14.5. The summed E-state index contributed by atoms with van der Waals surface area (Å²) in [6.45, 7) is 3.96. The van der Waals surface area contributed by atoms with Crippen molar-refractivity contribution in [1.29, 1.82) is 0 Å². The van der Waals surface area contributed by atoms with Crippen molar-refractivity contribution in [3.8, 4) is 0 Å². The quantitative estimate of drug-likeness (QED) is 0.791. The van der Waals surface area contributed by atoms with Crippen LogP contribution in [0.25, 0.3) is 0 Å². The molecular weight excluding hydrogens is 256 g/mol. The van der Waals surface area contributed by atoms with Crippen LogP contribution in [0.1, 0.15) is 28.6 Å². The SMILES string of the molecule is CCN(Cc1ccco1)Cc1cccc(N)c1C(=O)O. The average molecular weight is 274 g/mol. The van der Waals surface area contributed by atoms with Crippen molar-refractivity contribution < 1.29 is 14.3 Å². The Morgan fingerprint density at radius 1 is 1.30 bits per heavy atom. The number of hydrogen-bond donors (Lipinski definition) is 2. The van der Waals surface area contributed by atoms with Crippen LogP contribution in [0.15, 0.2) is 41.0 Å². The molecule has 20 heavy (non-hydrogen) atoms. The van der Waals surface area contributed by atoms with Gasteiger partial charge in [0.05, 0.1) is 18.4 Å². The summed E-state index contributed by atoms with van der Waals surface area (Å²) in [6, 6.07) is 8.92. The van der Waals surface area contributed by atoms with Crippen LogP contribution >= 0.6 is 0 Å². The molecule has 106 valence electrons. The number of aromatic carboxylic acids is 1. The second-order valence-corrected chi connectivity index (χ2v) is 4.57. The van der Waals surface area contributed by atoms with Gasteiger partial charge in [0.15, 0.2) is 0 Å². The number of nitrogens with zero attached hydrogens (tertiary/aromatic N) is 1. The molecule has 2 rings (SSSR count). The van der Waals surface area contributed by atoms with Crippen molar-refractivity contribution in [2.75, 3.05) is 12.3 Å². The predicted octanol–water partition coefficient (Wildman–Crippen LogP) is 2.58.